The third-order valence-electron chi connectivity index (χ3n) is 3.55. The van der Waals surface area contributed by atoms with Gasteiger partial charge in [0.15, 0.2) is 0 Å². The molecule has 0 heterocycles. The highest BCUT2D eigenvalue weighted by atomic mass is 16.5. The standard InChI is InChI=1S/C19H19N3O3/c1-25-17-9-5-3-6-14(17)10-11-21-18(23)12-19(24)22-16-8-4-2-7-15(16)13-20/h2-9H,10-12H2,1H3,(H,21,23)(H,22,24). The van der Waals surface area contributed by atoms with E-state index in [9.17, 15) is 9.59 Å². The number of carbonyl (C=O) groups excluding carboxylic acids is 2. The highest BCUT2D eigenvalue weighted by Gasteiger charge is 2.11. The fourth-order valence-electron chi connectivity index (χ4n) is 2.34. The van der Waals surface area contributed by atoms with Crippen LogP contribution in [0.3, 0.4) is 0 Å². The van der Waals surface area contributed by atoms with Crippen molar-refractivity contribution < 1.29 is 14.3 Å². The van der Waals surface area contributed by atoms with Crippen LogP contribution in [0, 0.1) is 11.3 Å². The summed E-state index contributed by atoms with van der Waals surface area (Å²) in [6.07, 6.45) is 0.306. The molecule has 2 N–H and O–H groups in total. The number of ether oxygens (including phenoxy) is 1. The average Bonchev–Trinajstić information content (AvgIpc) is 2.62. The molecule has 25 heavy (non-hydrogen) atoms. The summed E-state index contributed by atoms with van der Waals surface area (Å²) >= 11 is 0. The Morgan fingerprint density at radius 2 is 1.80 bits per heavy atom. The Labute approximate surface area is 146 Å². The van der Waals surface area contributed by atoms with Crippen LogP contribution in [0.15, 0.2) is 48.5 Å². The van der Waals surface area contributed by atoms with Crippen molar-refractivity contribution in [1.82, 2.24) is 5.32 Å². The number of hydrogen-bond donors (Lipinski definition) is 2. The summed E-state index contributed by atoms with van der Waals surface area (Å²) in [6.45, 7) is 0.404. The maximum atomic E-state index is 11.9. The minimum absolute atomic E-state index is 0.300. The van der Waals surface area contributed by atoms with Gasteiger partial charge in [0.1, 0.15) is 18.2 Å². The highest BCUT2D eigenvalue weighted by molar-refractivity contribution is 6.04. The summed E-state index contributed by atoms with van der Waals surface area (Å²) < 4.78 is 5.25. The van der Waals surface area contributed by atoms with E-state index in [1.807, 2.05) is 30.3 Å². The minimum atomic E-state index is -0.461. The highest BCUT2D eigenvalue weighted by Crippen LogP contribution is 2.17. The summed E-state index contributed by atoms with van der Waals surface area (Å²) in [6, 6.07) is 16.2. The lowest BCUT2D eigenvalue weighted by Gasteiger charge is -2.09. The first-order chi connectivity index (χ1) is 12.1. The number of rotatable bonds is 7. The van der Waals surface area contributed by atoms with Crippen LogP contribution in [0.2, 0.25) is 0 Å². The Hall–Kier alpha value is -3.33. The molecule has 0 aliphatic carbocycles. The molecule has 0 atom stereocenters. The molecule has 0 fully saturated rings. The maximum Gasteiger partial charge on any atom is 0.233 e. The first kappa shape index (κ1) is 18.0. The predicted molar refractivity (Wildman–Crippen MR) is 94.1 cm³/mol. The third-order valence-corrected chi connectivity index (χ3v) is 3.55. The Morgan fingerprint density at radius 3 is 2.56 bits per heavy atom. The molecule has 128 valence electrons. The molecule has 6 heteroatoms. The summed E-state index contributed by atoms with van der Waals surface area (Å²) in [5.41, 5.74) is 1.74. The topological polar surface area (TPSA) is 91.2 Å². The molecule has 0 bridgehead atoms. The van der Waals surface area contributed by atoms with Crippen molar-refractivity contribution in [1.29, 1.82) is 5.26 Å². The summed E-state index contributed by atoms with van der Waals surface area (Å²) in [7, 11) is 1.60. The fourth-order valence-corrected chi connectivity index (χ4v) is 2.34. The van der Waals surface area contributed by atoms with Crippen LogP contribution < -0.4 is 15.4 Å². The molecule has 2 aromatic rings. The number of hydrogen-bond acceptors (Lipinski definition) is 4. The van der Waals surface area contributed by atoms with E-state index >= 15 is 0 Å². The van der Waals surface area contributed by atoms with E-state index in [2.05, 4.69) is 10.6 Å². The molecule has 0 spiro atoms. The molecular formula is C19H19N3O3. The quantitative estimate of drug-likeness (QED) is 0.758. The summed E-state index contributed by atoms with van der Waals surface area (Å²) in [5, 5.41) is 14.3. The second kappa shape index (κ2) is 9.08. The average molecular weight is 337 g/mol. The van der Waals surface area contributed by atoms with E-state index in [0.717, 1.165) is 11.3 Å². The molecule has 6 nitrogen and oxygen atoms in total. The van der Waals surface area contributed by atoms with Crippen LogP contribution in [0.1, 0.15) is 17.5 Å². The second-order valence-corrected chi connectivity index (χ2v) is 5.29. The van der Waals surface area contributed by atoms with Gasteiger partial charge in [0.25, 0.3) is 0 Å². The largest absolute Gasteiger partial charge is 0.496 e. The number of benzene rings is 2. The van der Waals surface area contributed by atoms with Gasteiger partial charge in [-0.2, -0.15) is 5.26 Å². The lowest BCUT2D eigenvalue weighted by atomic mass is 10.1. The van der Waals surface area contributed by atoms with Crippen molar-refractivity contribution in [2.45, 2.75) is 12.8 Å². The van der Waals surface area contributed by atoms with E-state index in [-0.39, 0.29) is 12.3 Å². The monoisotopic (exact) mass is 337 g/mol. The maximum absolute atomic E-state index is 11.9. The van der Waals surface area contributed by atoms with Gasteiger partial charge in [-0.25, -0.2) is 0 Å². The van der Waals surface area contributed by atoms with Gasteiger partial charge >= 0.3 is 0 Å². The number of anilines is 1. The zero-order valence-electron chi connectivity index (χ0n) is 13.9. The van der Waals surface area contributed by atoms with Crippen LogP contribution in [-0.2, 0) is 16.0 Å². The molecule has 2 amide bonds. The molecule has 0 saturated heterocycles. The number of carbonyl (C=O) groups is 2. The van der Waals surface area contributed by atoms with E-state index < -0.39 is 5.91 Å². The summed E-state index contributed by atoms with van der Waals surface area (Å²) in [4.78, 5) is 23.8. The lowest BCUT2D eigenvalue weighted by molar-refractivity contribution is -0.126. The Kier molecular flexibility index (Phi) is 6.55. The molecule has 2 rings (SSSR count). The van der Waals surface area contributed by atoms with Gasteiger partial charge < -0.3 is 15.4 Å². The molecule has 0 saturated carbocycles. The molecule has 0 radical (unpaired) electrons. The lowest BCUT2D eigenvalue weighted by Crippen LogP contribution is -2.29. The Morgan fingerprint density at radius 1 is 1.08 bits per heavy atom. The normalized spacial score (nSPS) is 9.76. The summed E-state index contributed by atoms with van der Waals surface area (Å²) in [5.74, 6) is -0.0677. The van der Waals surface area contributed by atoms with Crippen LogP contribution in [-0.4, -0.2) is 25.5 Å². The van der Waals surface area contributed by atoms with Crippen molar-refractivity contribution in [3.05, 3.63) is 59.7 Å². The smallest absolute Gasteiger partial charge is 0.233 e. The van der Waals surface area contributed by atoms with E-state index in [1.165, 1.54) is 0 Å². The van der Waals surface area contributed by atoms with Crippen molar-refractivity contribution >= 4 is 17.5 Å². The number of amides is 2. The zero-order valence-corrected chi connectivity index (χ0v) is 13.9. The molecular weight excluding hydrogens is 318 g/mol. The molecule has 0 unspecified atom stereocenters. The SMILES string of the molecule is COc1ccccc1CCNC(=O)CC(=O)Nc1ccccc1C#N. The Bertz CT molecular complexity index is 796. The van der Waals surface area contributed by atoms with Crippen molar-refractivity contribution in [2.75, 3.05) is 19.0 Å². The van der Waals surface area contributed by atoms with Gasteiger partial charge in [0.05, 0.1) is 18.4 Å². The molecule has 2 aromatic carbocycles. The number of nitrogens with zero attached hydrogens (tertiary/aromatic N) is 1. The number of methoxy groups -OCH3 is 1. The predicted octanol–water partition coefficient (Wildman–Crippen LogP) is 2.25. The molecule has 0 aliphatic heterocycles. The first-order valence-corrected chi connectivity index (χ1v) is 7.81. The van der Waals surface area contributed by atoms with Gasteiger partial charge in [-0.05, 0) is 30.2 Å². The van der Waals surface area contributed by atoms with Crippen molar-refractivity contribution in [3.8, 4) is 11.8 Å². The van der Waals surface area contributed by atoms with Gasteiger partial charge in [0.2, 0.25) is 11.8 Å². The first-order valence-electron chi connectivity index (χ1n) is 7.81. The number of nitriles is 1. The van der Waals surface area contributed by atoms with Crippen LogP contribution in [0.5, 0.6) is 5.75 Å². The van der Waals surface area contributed by atoms with Crippen molar-refractivity contribution in [2.24, 2.45) is 0 Å². The van der Waals surface area contributed by atoms with E-state index in [1.54, 1.807) is 31.4 Å². The van der Waals surface area contributed by atoms with Crippen LogP contribution >= 0.6 is 0 Å². The zero-order chi connectivity index (χ0) is 18.1. The van der Waals surface area contributed by atoms with E-state index in [0.29, 0.717) is 24.2 Å². The molecule has 0 aliphatic rings. The molecule has 0 aromatic heterocycles. The third kappa shape index (κ3) is 5.36. The van der Waals surface area contributed by atoms with Gasteiger partial charge in [0, 0.05) is 6.54 Å². The van der Waals surface area contributed by atoms with Crippen molar-refractivity contribution in [3.63, 3.8) is 0 Å². The number of nitrogens with one attached hydrogen (secondary N) is 2. The van der Waals surface area contributed by atoms with Crippen LogP contribution in [0.4, 0.5) is 5.69 Å². The van der Waals surface area contributed by atoms with Gasteiger partial charge in [-0.15, -0.1) is 0 Å². The van der Waals surface area contributed by atoms with Gasteiger partial charge in [-0.3, -0.25) is 9.59 Å². The minimum Gasteiger partial charge on any atom is -0.496 e. The van der Waals surface area contributed by atoms with Gasteiger partial charge in [-0.1, -0.05) is 30.3 Å². The van der Waals surface area contributed by atoms with Crippen LogP contribution in [0.25, 0.3) is 0 Å². The fraction of sp³-hybridized carbons (Fsp3) is 0.211. The Balaban J connectivity index is 1.80. The number of para-hydroxylation sites is 2. The second-order valence-electron chi connectivity index (χ2n) is 5.29. The van der Waals surface area contributed by atoms with E-state index in [4.69, 9.17) is 10.00 Å².